The van der Waals surface area contributed by atoms with Gasteiger partial charge in [0, 0.05) is 0 Å². The molecule has 22 heavy (non-hydrogen) atoms. The molecule has 0 radical (unpaired) electrons. The molecule has 0 aliphatic carbocycles. The molecule has 2 aromatic rings. The molecule has 0 fully saturated rings. The second-order valence-corrected chi connectivity index (χ2v) is 7.48. The number of carbonyl (C=O) groups excluding carboxylic acids is 1. The first-order valence-corrected chi connectivity index (χ1v) is 8.13. The van der Waals surface area contributed by atoms with E-state index in [1.807, 2.05) is 0 Å². The standard InChI is InChI=1S/C14H12Cl3NO3S/c1-20-9-4-6-10(7-5-9)21-13(14(15,16)17)18-12(19)11-3-2-8-22-11/h2-8,13H,1H3,(H,18,19). The van der Waals surface area contributed by atoms with Gasteiger partial charge >= 0.3 is 0 Å². The molecule has 0 aliphatic rings. The Balaban J connectivity index is 2.10. The van der Waals surface area contributed by atoms with Gasteiger partial charge in [-0.05, 0) is 35.7 Å². The fourth-order valence-electron chi connectivity index (χ4n) is 1.57. The molecule has 1 unspecified atom stereocenters. The predicted molar refractivity (Wildman–Crippen MR) is 89.5 cm³/mol. The van der Waals surface area contributed by atoms with Crippen molar-refractivity contribution in [2.24, 2.45) is 0 Å². The van der Waals surface area contributed by atoms with E-state index in [1.54, 1.807) is 48.9 Å². The van der Waals surface area contributed by atoms with E-state index < -0.39 is 10.0 Å². The van der Waals surface area contributed by atoms with E-state index in [2.05, 4.69) is 5.32 Å². The van der Waals surface area contributed by atoms with E-state index in [0.29, 0.717) is 16.4 Å². The van der Waals surface area contributed by atoms with Crippen LogP contribution in [0.5, 0.6) is 11.5 Å². The monoisotopic (exact) mass is 379 g/mol. The maximum Gasteiger partial charge on any atom is 0.264 e. The summed E-state index contributed by atoms with van der Waals surface area (Å²) in [6, 6.07) is 10.1. The smallest absolute Gasteiger partial charge is 0.264 e. The number of benzene rings is 1. The van der Waals surface area contributed by atoms with E-state index in [9.17, 15) is 4.79 Å². The summed E-state index contributed by atoms with van der Waals surface area (Å²) in [4.78, 5) is 12.6. The summed E-state index contributed by atoms with van der Waals surface area (Å²) in [7, 11) is 1.56. The van der Waals surface area contributed by atoms with Crippen LogP contribution in [0.25, 0.3) is 0 Å². The van der Waals surface area contributed by atoms with E-state index in [0.717, 1.165) is 0 Å². The van der Waals surface area contributed by atoms with E-state index in [4.69, 9.17) is 44.3 Å². The van der Waals surface area contributed by atoms with Gasteiger partial charge in [0.25, 0.3) is 5.91 Å². The Morgan fingerprint density at radius 2 is 1.82 bits per heavy atom. The number of halogens is 3. The lowest BCUT2D eigenvalue weighted by molar-refractivity contribution is 0.0837. The van der Waals surface area contributed by atoms with Crippen LogP contribution >= 0.6 is 46.1 Å². The zero-order chi connectivity index (χ0) is 16.2. The zero-order valence-corrected chi connectivity index (χ0v) is 14.5. The van der Waals surface area contributed by atoms with Crippen LogP contribution < -0.4 is 14.8 Å². The number of ether oxygens (including phenoxy) is 2. The van der Waals surface area contributed by atoms with E-state index in [-0.39, 0.29) is 5.91 Å². The van der Waals surface area contributed by atoms with Gasteiger partial charge in [0.1, 0.15) is 11.5 Å². The lowest BCUT2D eigenvalue weighted by Crippen LogP contribution is -2.47. The number of hydrogen-bond donors (Lipinski definition) is 1. The second kappa shape index (κ2) is 7.42. The molecule has 1 atom stereocenters. The molecule has 0 bridgehead atoms. The summed E-state index contributed by atoms with van der Waals surface area (Å²) in [6.07, 6.45) is -1.14. The van der Waals surface area contributed by atoms with E-state index >= 15 is 0 Å². The number of nitrogens with one attached hydrogen (secondary N) is 1. The van der Waals surface area contributed by atoms with Crippen LogP contribution in [0.4, 0.5) is 0 Å². The second-order valence-electron chi connectivity index (χ2n) is 4.17. The Kier molecular flexibility index (Phi) is 5.81. The van der Waals surface area contributed by atoms with Gasteiger partial charge in [0.2, 0.25) is 10.0 Å². The number of methoxy groups -OCH3 is 1. The van der Waals surface area contributed by atoms with Crippen LogP contribution in [0.3, 0.4) is 0 Å². The average molecular weight is 381 g/mol. The molecule has 0 spiro atoms. The van der Waals surface area contributed by atoms with Crippen LogP contribution in [-0.2, 0) is 0 Å². The Morgan fingerprint density at radius 3 is 2.32 bits per heavy atom. The molecule has 1 amide bonds. The molecule has 0 saturated heterocycles. The predicted octanol–water partition coefficient (Wildman–Crippen LogP) is 4.26. The van der Waals surface area contributed by atoms with Gasteiger partial charge in [0.05, 0.1) is 12.0 Å². The van der Waals surface area contributed by atoms with Crippen molar-refractivity contribution in [2.75, 3.05) is 7.11 Å². The van der Waals surface area contributed by atoms with Crippen molar-refractivity contribution in [2.45, 2.75) is 10.0 Å². The minimum atomic E-state index is -1.83. The van der Waals surface area contributed by atoms with Crippen molar-refractivity contribution in [1.29, 1.82) is 0 Å². The number of amides is 1. The normalized spacial score (nSPS) is 12.5. The maximum atomic E-state index is 12.1. The highest BCUT2D eigenvalue weighted by Gasteiger charge is 2.36. The van der Waals surface area contributed by atoms with Gasteiger partial charge in [-0.25, -0.2) is 0 Å². The van der Waals surface area contributed by atoms with Crippen LogP contribution in [0.1, 0.15) is 9.67 Å². The third-order valence-electron chi connectivity index (χ3n) is 2.62. The zero-order valence-electron chi connectivity index (χ0n) is 11.4. The van der Waals surface area contributed by atoms with Crippen LogP contribution in [0.15, 0.2) is 41.8 Å². The number of rotatable bonds is 5. The molecule has 2 rings (SSSR count). The molecule has 1 heterocycles. The Morgan fingerprint density at radius 1 is 1.18 bits per heavy atom. The van der Waals surface area contributed by atoms with Gasteiger partial charge in [0.15, 0.2) is 0 Å². The summed E-state index contributed by atoms with van der Waals surface area (Å²) in [6.45, 7) is 0. The molecule has 4 nitrogen and oxygen atoms in total. The average Bonchev–Trinajstić information content (AvgIpc) is 3.00. The first kappa shape index (κ1) is 17.2. The number of thiophene rings is 1. The summed E-state index contributed by atoms with van der Waals surface area (Å²) >= 11 is 18.9. The number of carbonyl (C=O) groups is 1. The fourth-order valence-corrected chi connectivity index (χ4v) is 2.49. The maximum absolute atomic E-state index is 12.1. The third kappa shape index (κ3) is 4.68. The largest absolute Gasteiger partial charge is 0.497 e. The van der Waals surface area contributed by atoms with Gasteiger partial charge in [-0.15, -0.1) is 11.3 Å². The quantitative estimate of drug-likeness (QED) is 0.623. The number of alkyl halides is 3. The van der Waals surface area contributed by atoms with Gasteiger partial charge < -0.3 is 14.8 Å². The van der Waals surface area contributed by atoms with Crippen molar-refractivity contribution < 1.29 is 14.3 Å². The van der Waals surface area contributed by atoms with Gasteiger partial charge in [-0.3, -0.25) is 4.79 Å². The van der Waals surface area contributed by atoms with E-state index in [1.165, 1.54) is 11.3 Å². The Bertz CT molecular complexity index is 611. The molecule has 1 aromatic carbocycles. The van der Waals surface area contributed by atoms with Crippen LogP contribution in [0, 0.1) is 0 Å². The van der Waals surface area contributed by atoms with Crippen LogP contribution in [0.2, 0.25) is 0 Å². The van der Waals surface area contributed by atoms with Crippen molar-refractivity contribution in [3.63, 3.8) is 0 Å². The summed E-state index contributed by atoms with van der Waals surface area (Å²) in [5.41, 5.74) is 0. The Labute approximate surface area is 146 Å². The molecule has 1 aromatic heterocycles. The molecular formula is C14H12Cl3NO3S. The third-order valence-corrected chi connectivity index (χ3v) is 4.08. The molecule has 0 saturated carbocycles. The van der Waals surface area contributed by atoms with Gasteiger partial charge in [-0.1, -0.05) is 40.9 Å². The molecule has 118 valence electrons. The highest BCUT2D eigenvalue weighted by atomic mass is 35.6. The summed E-state index contributed by atoms with van der Waals surface area (Å²) < 4.78 is 8.79. The number of hydrogen-bond acceptors (Lipinski definition) is 4. The lowest BCUT2D eigenvalue weighted by atomic mass is 10.3. The van der Waals surface area contributed by atoms with Crippen molar-refractivity contribution >= 4 is 52.0 Å². The molecule has 8 heteroatoms. The highest BCUT2D eigenvalue weighted by molar-refractivity contribution is 7.12. The first-order chi connectivity index (χ1) is 10.4. The minimum Gasteiger partial charge on any atom is -0.497 e. The summed E-state index contributed by atoms with van der Waals surface area (Å²) in [5.74, 6) is 0.726. The van der Waals surface area contributed by atoms with Crippen LogP contribution in [-0.4, -0.2) is 23.0 Å². The Hall–Kier alpha value is -1.14. The topological polar surface area (TPSA) is 47.6 Å². The highest BCUT2D eigenvalue weighted by Crippen LogP contribution is 2.32. The minimum absolute atomic E-state index is 0.375. The van der Waals surface area contributed by atoms with Gasteiger partial charge in [-0.2, -0.15) is 0 Å². The van der Waals surface area contributed by atoms with Crippen molar-refractivity contribution in [3.8, 4) is 11.5 Å². The molecular weight excluding hydrogens is 369 g/mol. The van der Waals surface area contributed by atoms with Crippen molar-refractivity contribution in [1.82, 2.24) is 5.32 Å². The lowest BCUT2D eigenvalue weighted by Gasteiger charge is -2.26. The van der Waals surface area contributed by atoms with Crippen molar-refractivity contribution in [3.05, 3.63) is 46.7 Å². The molecule has 0 aliphatic heterocycles. The first-order valence-electron chi connectivity index (χ1n) is 6.12. The molecule has 1 N–H and O–H groups in total. The summed E-state index contributed by atoms with van der Waals surface area (Å²) in [5, 5.41) is 4.34. The fraction of sp³-hybridized carbons (Fsp3) is 0.214. The SMILES string of the molecule is COc1ccc(OC(NC(=O)c2cccs2)C(Cl)(Cl)Cl)cc1.